The van der Waals surface area contributed by atoms with Gasteiger partial charge in [-0.25, -0.2) is 4.98 Å². The van der Waals surface area contributed by atoms with Crippen LogP contribution < -0.4 is 11.0 Å². The molecule has 1 aliphatic heterocycles. The van der Waals surface area contributed by atoms with Crippen LogP contribution in [0.25, 0.3) is 16.7 Å². The Morgan fingerprint density at radius 3 is 2.63 bits per heavy atom. The topological polar surface area (TPSA) is 107 Å². The number of aliphatic hydroxyl groups is 1. The number of amides is 1. The first-order valence-corrected chi connectivity index (χ1v) is 10.2. The summed E-state index contributed by atoms with van der Waals surface area (Å²) in [5.74, 6) is -0.266. The molecule has 0 radical (unpaired) electrons. The van der Waals surface area contributed by atoms with Crippen molar-refractivity contribution in [1.82, 2.24) is 23.8 Å². The highest BCUT2D eigenvalue weighted by Crippen LogP contribution is 2.14. The average Bonchev–Trinajstić information content (AvgIpc) is 2.76. The van der Waals surface area contributed by atoms with Crippen LogP contribution in [0.15, 0.2) is 29.2 Å². The van der Waals surface area contributed by atoms with E-state index in [0.29, 0.717) is 24.4 Å². The lowest BCUT2D eigenvalue weighted by Crippen LogP contribution is -2.49. The van der Waals surface area contributed by atoms with Crippen molar-refractivity contribution in [3.8, 4) is 0 Å². The largest absolute Gasteiger partial charge is 0.395 e. The summed E-state index contributed by atoms with van der Waals surface area (Å²) >= 11 is 0. The number of carbonyl (C=O) groups excluding carboxylic acids is 1. The number of hydrogen-bond donors (Lipinski definition) is 2. The first-order chi connectivity index (χ1) is 14.5. The van der Waals surface area contributed by atoms with Crippen molar-refractivity contribution >= 4 is 22.6 Å². The SMILES string of the molecule is CCN1CCN(C(=O)c2cc3c(=O)n4cccc(C)c4nc3n(CCO)c2=N)CC1. The maximum Gasteiger partial charge on any atom is 0.267 e. The third kappa shape index (κ3) is 3.29. The zero-order valence-electron chi connectivity index (χ0n) is 17.3. The molecule has 1 fully saturated rings. The lowest BCUT2D eigenvalue weighted by Gasteiger charge is -2.34. The summed E-state index contributed by atoms with van der Waals surface area (Å²) in [7, 11) is 0. The predicted octanol–water partition coefficient (Wildman–Crippen LogP) is 0.207. The molecule has 158 valence electrons. The zero-order valence-corrected chi connectivity index (χ0v) is 17.3. The van der Waals surface area contributed by atoms with E-state index in [1.165, 1.54) is 15.0 Å². The minimum atomic E-state index is -0.296. The monoisotopic (exact) mass is 410 g/mol. The van der Waals surface area contributed by atoms with Crippen LogP contribution in [0, 0.1) is 12.3 Å². The van der Waals surface area contributed by atoms with Crippen LogP contribution in [0.5, 0.6) is 0 Å². The fraction of sp³-hybridized carbons (Fsp3) is 0.429. The van der Waals surface area contributed by atoms with Crippen LogP contribution in [0.3, 0.4) is 0 Å². The highest BCUT2D eigenvalue weighted by molar-refractivity contribution is 5.97. The average molecular weight is 410 g/mol. The quantitative estimate of drug-likeness (QED) is 0.598. The highest BCUT2D eigenvalue weighted by Gasteiger charge is 2.25. The first-order valence-electron chi connectivity index (χ1n) is 10.2. The van der Waals surface area contributed by atoms with Gasteiger partial charge in [-0.05, 0) is 31.2 Å². The van der Waals surface area contributed by atoms with Gasteiger partial charge < -0.3 is 19.5 Å². The lowest BCUT2D eigenvalue weighted by atomic mass is 10.1. The molecule has 4 rings (SSSR count). The van der Waals surface area contributed by atoms with Crippen molar-refractivity contribution in [3.05, 3.63) is 51.4 Å². The van der Waals surface area contributed by atoms with Gasteiger partial charge in [0, 0.05) is 38.9 Å². The van der Waals surface area contributed by atoms with Gasteiger partial charge in [-0.3, -0.25) is 19.4 Å². The predicted molar refractivity (Wildman–Crippen MR) is 113 cm³/mol. The van der Waals surface area contributed by atoms with Gasteiger partial charge in [0.05, 0.1) is 17.6 Å². The molecule has 3 aromatic heterocycles. The minimum absolute atomic E-state index is 0.0377. The van der Waals surface area contributed by atoms with E-state index >= 15 is 0 Å². The van der Waals surface area contributed by atoms with E-state index in [0.717, 1.165) is 25.2 Å². The molecule has 0 unspecified atom stereocenters. The summed E-state index contributed by atoms with van der Waals surface area (Å²) in [5.41, 5.74) is 1.45. The Morgan fingerprint density at radius 1 is 1.23 bits per heavy atom. The molecule has 0 bridgehead atoms. The van der Waals surface area contributed by atoms with E-state index in [9.17, 15) is 14.7 Å². The summed E-state index contributed by atoms with van der Waals surface area (Å²) in [6.45, 7) is 7.47. The molecule has 9 heteroatoms. The molecule has 0 saturated carbocycles. The number of hydrogen-bond acceptors (Lipinski definition) is 6. The normalized spacial score (nSPS) is 15.2. The maximum absolute atomic E-state index is 13.2. The number of nitrogens with one attached hydrogen (secondary N) is 1. The van der Waals surface area contributed by atoms with E-state index in [1.807, 2.05) is 13.0 Å². The van der Waals surface area contributed by atoms with Gasteiger partial charge in [0.2, 0.25) is 0 Å². The van der Waals surface area contributed by atoms with Crippen molar-refractivity contribution < 1.29 is 9.90 Å². The van der Waals surface area contributed by atoms with E-state index in [2.05, 4.69) is 16.8 Å². The van der Waals surface area contributed by atoms with Crippen LogP contribution in [0.1, 0.15) is 22.8 Å². The Hall–Kier alpha value is -3.04. The number of fused-ring (bicyclic) bond motifs is 2. The molecule has 1 saturated heterocycles. The van der Waals surface area contributed by atoms with E-state index in [-0.39, 0.29) is 41.1 Å². The Kier molecular flexibility index (Phi) is 5.40. The van der Waals surface area contributed by atoms with Gasteiger partial charge in [0.15, 0.2) is 0 Å². The second kappa shape index (κ2) is 8.00. The number of nitrogens with zero attached hydrogens (tertiary/aromatic N) is 5. The van der Waals surface area contributed by atoms with Gasteiger partial charge in [-0.1, -0.05) is 13.0 Å². The molecule has 2 N–H and O–H groups in total. The van der Waals surface area contributed by atoms with E-state index in [1.54, 1.807) is 17.2 Å². The second-order valence-corrected chi connectivity index (χ2v) is 7.55. The van der Waals surface area contributed by atoms with Crippen LogP contribution in [-0.2, 0) is 6.54 Å². The van der Waals surface area contributed by atoms with Crippen LogP contribution in [-0.4, -0.2) is 74.1 Å². The van der Waals surface area contributed by atoms with Crippen LogP contribution >= 0.6 is 0 Å². The van der Waals surface area contributed by atoms with Crippen LogP contribution in [0.2, 0.25) is 0 Å². The molecule has 9 nitrogen and oxygen atoms in total. The summed E-state index contributed by atoms with van der Waals surface area (Å²) in [6.07, 6.45) is 1.65. The molecule has 0 spiro atoms. The third-order valence-corrected chi connectivity index (χ3v) is 5.79. The standard InChI is InChI=1S/C21H26N6O3/c1-3-24-7-9-25(10-8-24)20(29)15-13-16-19(26(11-12-28)17(15)22)23-18-14(2)5-4-6-27(18)21(16)30/h4-6,13,22,28H,3,7-12H2,1-2H3. The van der Waals surface area contributed by atoms with Crippen molar-refractivity contribution in [2.45, 2.75) is 20.4 Å². The Labute approximate surface area is 173 Å². The molecule has 1 amide bonds. The summed E-state index contributed by atoms with van der Waals surface area (Å²) in [4.78, 5) is 35.0. The number of aliphatic hydroxyl groups excluding tert-OH is 1. The highest BCUT2D eigenvalue weighted by atomic mass is 16.3. The Morgan fingerprint density at radius 2 is 1.97 bits per heavy atom. The van der Waals surface area contributed by atoms with Gasteiger partial charge in [-0.2, -0.15) is 0 Å². The van der Waals surface area contributed by atoms with Gasteiger partial charge >= 0.3 is 0 Å². The van der Waals surface area contributed by atoms with E-state index < -0.39 is 0 Å². The molecular formula is C21H26N6O3. The molecule has 1 aliphatic rings. The molecule has 4 heterocycles. The van der Waals surface area contributed by atoms with Gasteiger partial charge in [0.25, 0.3) is 11.5 Å². The van der Waals surface area contributed by atoms with Crippen molar-refractivity contribution in [3.63, 3.8) is 0 Å². The number of likely N-dealkylation sites (N-methyl/N-ethyl adjacent to an activating group) is 1. The van der Waals surface area contributed by atoms with E-state index in [4.69, 9.17) is 5.41 Å². The molecule has 0 atom stereocenters. The number of pyridine rings is 2. The molecule has 3 aromatic rings. The van der Waals surface area contributed by atoms with Crippen molar-refractivity contribution in [2.75, 3.05) is 39.3 Å². The third-order valence-electron chi connectivity index (χ3n) is 5.79. The molecule has 0 aromatic carbocycles. The van der Waals surface area contributed by atoms with Gasteiger partial charge in [0.1, 0.15) is 16.8 Å². The number of carbonyl (C=O) groups is 1. The number of aryl methyl sites for hydroxylation is 1. The number of aromatic nitrogens is 3. The molecular weight excluding hydrogens is 384 g/mol. The summed E-state index contributed by atoms with van der Waals surface area (Å²) in [5, 5.41) is 18.5. The fourth-order valence-electron chi connectivity index (χ4n) is 4.01. The minimum Gasteiger partial charge on any atom is -0.395 e. The number of piperazine rings is 1. The number of rotatable bonds is 4. The lowest BCUT2D eigenvalue weighted by molar-refractivity contribution is 0.0640. The van der Waals surface area contributed by atoms with Gasteiger partial charge in [-0.15, -0.1) is 0 Å². The fourth-order valence-corrected chi connectivity index (χ4v) is 4.01. The Bertz CT molecular complexity index is 1240. The van der Waals surface area contributed by atoms with Crippen LogP contribution in [0.4, 0.5) is 0 Å². The molecule has 30 heavy (non-hydrogen) atoms. The summed E-state index contributed by atoms with van der Waals surface area (Å²) in [6, 6.07) is 5.13. The zero-order chi connectivity index (χ0) is 21.4. The summed E-state index contributed by atoms with van der Waals surface area (Å²) < 4.78 is 2.91. The Balaban J connectivity index is 1.91. The van der Waals surface area contributed by atoms with Crippen molar-refractivity contribution in [2.24, 2.45) is 0 Å². The molecule has 0 aliphatic carbocycles. The first kappa shape index (κ1) is 20.2. The smallest absolute Gasteiger partial charge is 0.267 e. The maximum atomic E-state index is 13.2. The second-order valence-electron chi connectivity index (χ2n) is 7.55. The van der Waals surface area contributed by atoms with Crippen molar-refractivity contribution in [1.29, 1.82) is 5.41 Å².